The predicted molar refractivity (Wildman–Crippen MR) is 29.0 cm³/mol. The molecule has 35 valence electrons. The van der Waals surface area contributed by atoms with Crippen molar-refractivity contribution in [2.45, 2.75) is 25.1 Å². The number of nitriles is 1. The van der Waals surface area contributed by atoms with Crippen LogP contribution in [0.15, 0.2) is 0 Å². The van der Waals surface area contributed by atoms with Crippen molar-refractivity contribution in [3.63, 3.8) is 0 Å². The largest absolute Gasteiger partial charge is 0.258 e. The van der Waals surface area contributed by atoms with Crippen LogP contribution in [0.4, 0.5) is 0 Å². The van der Waals surface area contributed by atoms with Crippen LogP contribution < -0.4 is 0 Å². The van der Waals surface area contributed by atoms with Gasteiger partial charge in [0.1, 0.15) is 0 Å². The molecule has 1 fully saturated rings. The summed E-state index contributed by atoms with van der Waals surface area (Å²) in [5.74, 6) is 2.69. The topological polar surface area (TPSA) is 23.8 Å². The second-order valence-electron chi connectivity index (χ2n) is 1.99. The van der Waals surface area contributed by atoms with Crippen LogP contribution in [-0.4, -0.2) is 7.28 Å². The summed E-state index contributed by atoms with van der Waals surface area (Å²) in [6.07, 6.45) is 3.81. The minimum absolute atomic E-state index is 0.644. The van der Waals surface area contributed by atoms with Crippen molar-refractivity contribution >= 4 is 7.28 Å². The van der Waals surface area contributed by atoms with Gasteiger partial charge in [0.05, 0.1) is 0 Å². The Kier molecular flexibility index (Phi) is 1.36. The first kappa shape index (κ1) is 4.71. The van der Waals surface area contributed by atoms with E-state index in [1.807, 2.05) is 5.97 Å². The fraction of sp³-hybridized carbons (Fsp3) is 0.800. The van der Waals surface area contributed by atoms with Gasteiger partial charge in [-0.15, -0.1) is 0 Å². The average molecular weight is 91.9 g/mol. The van der Waals surface area contributed by atoms with Gasteiger partial charge >= 0.3 is 0 Å². The Labute approximate surface area is 44.6 Å². The molecule has 1 saturated carbocycles. The lowest BCUT2D eigenvalue weighted by Crippen LogP contribution is -2.10. The number of nitrogens with zero attached hydrogens (tertiary/aromatic N) is 1. The van der Waals surface area contributed by atoms with E-state index in [1.54, 1.807) is 7.28 Å². The van der Waals surface area contributed by atoms with Crippen LogP contribution in [0.1, 0.15) is 19.3 Å². The van der Waals surface area contributed by atoms with Crippen LogP contribution >= 0.6 is 0 Å². The summed E-state index contributed by atoms with van der Waals surface area (Å²) < 4.78 is 0. The molecule has 0 aromatic heterocycles. The van der Waals surface area contributed by atoms with Crippen LogP contribution in [0.5, 0.6) is 0 Å². The van der Waals surface area contributed by atoms with Crippen LogP contribution in [-0.2, 0) is 0 Å². The maximum absolute atomic E-state index is 8.10. The summed E-state index contributed by atoms with van der Waals surface area (Å²) in [5, 5.41) is 8.10. The zero-order valence-electron chi connectivity index (χ0n) is 4.22. The number of hydrogen-bond acceptors (Lipinski definition) is 1. The van der Waals surface area contributed by atoms with Gasteiger partial charge < -0.3 is 0 Å². The fourth-order valence-corrected chi connectivity index (χ4v) is 0.712. The molecule has 2 heteroatoms. The molecular weight excluding hydrogens is 84.9 g/mol. The lowest BCUT2D eigenvalue weighted by molar-refractivity contribution is 0.501. The highest BCUT2D eigenvalue weighted by molar-refractivity contribution is 6.47. The van der Waals surface area contributed by atoms with Crippen molar-refractivity contribution in [2.24, 2.45) is 0 Å². The minimum atomic E-state index is 0.644. The molecule has 0 spiro atoms. The molecule has 0 unspecified atom stereocenters. The molecule has 0 saturated heterocycles. The summed E-state index contributed by atoms with van der Waals surface area (Å²) in [4.78, 5) is 0. The first-order chi connectivity index (χ1) is 3.43. The van der Waals surface area contributed by atoms with Gasteiger partial charge in [0.15, 0.2) is 0 Å². The maximum Gasteiger partial charge on any atom is 0.258 e. The molecule has 7 heavy (non-hydrogen) atoms. The monoisotopic (exact) mass is 92.1 g/mol. The first-order valence-electron chi connectivity index (χ1n) is 2.66. The summed E-state index contributed by atoms with van der Waals surface area (Å²) in [5.41, 5.74) is 0. The van der Waals surface area contributed by atoms with E-state index in [9.17, 15) is 0 Å². The average Bonchev–Trinajstić information content (AvgIpc) is 1.55. The Bertz CT molecular complexity index is 90.7. The molecule has 0 N–H and O–H groups in total. The smallest absolute Gasteiger partial charge is 0.213 e. The van der Waals surface area contributed by atoms with Gasteiger partial charge in [0, 0.05) is 0 Å². The zero-order valence-corrected chi connectivity index (χ0v) is 4.22. The standard InChI is InChI=1S/C5H7BN/c7-4-6-5-2-1-3-5/h5H,1-3H2. The summed E-state index contributed by atoms with van der Waals surface area (Å²) >= 11 is 0. The predicted octanol–water partition coefficient (Wildman–Crippen LogP) is 1.14. The summed E-state index contributed by atoms with van der Waals surface area (Å²) in [6, 6.07) is 0. The molecular formula is C5H7BN. The molecule has 1 aliphatic carbocycles. The van der Waals surface area contributed by atoms with Crippen LogP contribution in [0, 0.1) is 11.2 Å². The van der Waals surface area contributed by atoms with Gasteiger partial charge in [-0.05, 0) is 5.97 Å². The van der Waals surface area contributed by atoms with Crippen molar-refractivity contribution in [1.29, 1.82) is 5.26 Å². The van der Waals surface area contributed by atoms with Gasteiger partial charge in [-0.2, -0.15) is 0 Å². The molecule has 0 heterocycles. The van der Waals surface area contributed by atoms with Crippen LogP contribution in [0.25, 0.3) is 0 Å². The van der Waals surface area contributed by atoms with E-state index in [-0.39, 0.29) is 0 Å². The van der Waals surface area contributed by atoms with Crippen molar-refractivity contribution in [3.05, 3.63) is 0 Å². The third-order valence-corrected chi connectivity index (χ3v) is 1.46. The van der Waals surface area contributed by atoms with E-state index in [0.29, 0.717) is 5.82 Å². The molecule has 0 bridgehead atoms. The molecule has 1 nitrogen and oxygen atoms in total. The lowest BCUT2D eigenvalue weighted by atomic mass is 9.57. The normalized spacial score (nSPS) is 19.9. The van der Waals surface area contributed by atoms with Gasteiger partial charge in [-0.25, -0.2) is 5.26 Å². The quantitative estimate of drug-likeness (QED) is 0.445. The lowest BCUT2D eigenvalue weighted by Gasteiger charge is -2.20. The highest BCUT2D eigenvalue weighted by Crippen LogP contribution is 2.30. The third kappa shape index (κ3) is 0.959. The molecule has 1 radical (unpaired) electrons. The Hall–Kier alpha value is -0.445. The molecule has 1 rings (SSSR count). The van der Waals surface area contributed by atoms with Crippen molar-refractivity contribution in [1.82, 2.24) is 0 Å². The Morgan fingerprint density at radius 2 is 2.29 bits per heavy atom. The second kappa shape index (κ2) is 2.02. The van der Waals surface area contributed by atoms with E-state index in [1.165, 1.54) is 19.3 Å². The van der Waals surface area contributed by atoms with Crippen LogP contribution in [0.2, 0.25) is 5.82 Å². The Morgan fingerprint density at radius 1 is 1.57 bits per heavy atom. The van der Waals surface area contributed by atoms with E-state index < -0.39 is 0 Å². The number of hydrogen-bond donors (Lipinski definition) is 0. The molecule has 0 amide bonds. The highest BCUT2D eigenvalue weighted by Gasteiger charge is 2.17. The van der Waals surface area contributed by atoms with Gasteiger partial charge in [0.2, 0.25) is 0 Å². The third-order valence-electron chi connectivity index (χ3n) is 1.46. The number of rotatable bonds is 1. The summed E-state index contributed by atoms with van der Waals surface area (Å²) in [6.45, 7) is 0. The minimum Gasteiger partial charge on any atom is -0.213 e. The van der Waals surface area contributed by atoms with Crippen molar-refractivity contribution in [3.8, 4) is 5.97 Å². The highest BCUT2D eigenvalue weighted by atomic mass is 14.2. The molecule has 0 aromatic carbocycles. The summed E-state index contributed by atoms with van der Waals surface area (Å²) in [7, 11) is 1.74. The van der Waals surface area contributed by atoms with E-state index in [2.05, 4.69) is 0 Å². The second-order valence-corrected chi connectivity index (χ2v) is 1.99. The van der Waals surface area contributed by atoms with Gasteiger partial charge in [-0.1, -0.05) is 25.1 Å². The van der Waals surface area contributed by atoms with Crippen molar-refractivity contribution in [2.75, 3.05) is 0 Å². The molecule has 1 aliphatic rings. The molecule has 0 aromatic rings. The van der Waals surface area contributed by atoms with E-state index in [0.717, 1.165) is 0 Å². The SMILES string of the molecule is N#C[B]C1CCC1. The van der Waals surface area contributed by atoms with Gasteiger partial charge in [-0.3, -0.25) is 0 Å². The van der Waals surface area contributed by atoms with Gasteiger partial charge in [0.25, 0.3) is 7.28 Å². The molecule has 0 atom stereocenters. The van der Waals surface area contributed by atoms with Crippen molar-refractivity contribution < 1.29 is 0 Å². The Balaban J connectivity index is 2.06. The Morgan fingerprint density at radius 3 is 2.43 bits per heavy atom. The molecule has 0 aliphatic heterocycles. The van der Waals surface area contributed by atoms with E-state index in [4.69, 9.17) is 5.26 Å². The van der Waals surface area contributed by atoms with Crippen LogP contribution in [0.3, 0.4) is 0 Å². The first-order valence-corrected chi connectivity index (χ1v) is 2.66. The zero-order chi connectivity index (χ0) is 5.11. The maximum atomic E-state index is 8.10. The fourth-order valence-electron chi connectivity index (χ4n) is 0.712. The van der Waals surface area contributed by atoms with E-state index >= 15 is 0 Å².